The Morgan fingerprint density at radius 3 is 2.11 bits per heavy atom. The zero-order valence-electron chi connectivity index (χ0n) is 15.6. The van der Waals surface area contributed by atoms with Crippen molar-refractivity contribution in [1.29, 1.82) is 0 Å². The number of hydrogen-bond donors (Lipinski definition) is 1. The van der Waals surface area contributed by atoms with Gasteiger partial charge in [-0.3, -0.25) is 24.2 Å². The summed E-state index contributed by atoms with van der Waals surface area (Å²) in [5.74, 6) is -0.0858. The van der Waals surface area contributed by atoms with Gasteiger partial charge in [0, 0.05) is 24.7 Å². The van der Waals surface area contributed by atoms with E-state index in [1.165, 1.54) is 4.90 Å². The molecule has 4 rings (SSSR count). The van der Waals surface area contributed by atoms with Gasteiger partial charge in [-0.15, -0.1) is 0 Å². The fourth-order valence-corrected chi connectivity index (χ4v) is 4.67. The molecule has 1 aliphatic carbocycles. The number of fused-ring (bicyclic) bond motifs is 1. The van der Waals surface area contributed by atoms with Crippen molar-refractivity contribution in [3.8, 4) is 0 Å². The largest absolute Gasteiger partial charge is 0.326 e. The Bertz CT molecular complexity index is 689. The van der Waals surface area contributed by atoms with Crippen LogP contribution in [0.4, 0.5) is 5.69 Å². The average Bonchev–Trinajstić information content (AvgIpc) is 2.94. The van der Waals surface area contributed by atoms with E-state index in [-0.39, 0.29) is 35.5 Å². The van der Waals surface area contributed by atoms with Crippen molar-refractivity contribution >= 4 is 23.4 Å². The predicted molar refractivity (Wildman–Crippen MR) is 102 cm³/mol. The predicted octanol–water partition coefficient (Wildman–Crippen LogP) is 2.47. The minimum atomic E-state index is -0.0829. The molecular weight excluding hydrogens is 342 g/mol. The molecule has 0 radical (unpaired) electrons. The molecule has 3 aliphatic rings. The summed E-state index contributed by atoms with van der Waals surface area (Å²) in [7, 11) is 0. The van der Waals surface area contributed by atoms with E-state index >= 15 is 0 Å². The van der Waals surface area contributed by atoms with Crippen LogP contribution in [0.3, 0.4) is 0 Å². The molecule has 0 spiro atoms. The van der Waals surface area contributed by atoms with E-state index in [9.17, 15) is 14.4 Å². The fraction of sp³-hybridized carbons (Fsp3) is 0.571. The van der Waals surface area contributed by atoms with Gasteiger partial charge in [0.2, 0.25) is 17.7 Å². The Hall–Kier alpha value is -2.21. The first kappa shape index (κ1) is 18.2. The molecule has 0 bridgehead atoms. The second kappa shape index (κ2) is 7.80. The molecule has 1 aromatic carbocycles. The van der Waals surface area contributed by atoms with Gasteiger partial charge in [0.1, 0.15) is 0 Å². The Kier molecular flexibility index (Phi) is 5.25. The molecule has 3 fully saturated rings. The summed E-state index contributed by atoms with van der Waals surface area (Å²) < 4.78 is 0. The van der Waals surface area contributed by atoms with E-state index in [4.69, 9.17) is 0 Å². The maximum atomic E-state index is 12.6. The first-order valence-corrected chi connectivity index (χ1v) is 10.1. The SMILES string of the molecule is O=C(Nc1ccccc1)C1CCN(CN2C(=O)[C@H]3CCCC[C@@H]3C2=O)CC1. The van der Waals surface area contributed by atoms with E-state index in [1.54, 1.807) is 0 Å². The highest BCUT2D eigenvalue weighted by molar-refractivity contribution is 6.05. The quantitative estimate of drug-likeness (QED) is 0.828. The van der Waals surface area contributed by atoms with Gasteiger partial charge in [-0.1, -0.05) is 31.0 Å². The monoisotopic (exact) mass is 369 g/mol. The lowest BCUT2D eigenvalue weighted by Gasteiger charge is -2.33. The molecular formula is C21H27N3O3. The highest BCUT2D eigenvalue weighted by Gasteiger charge is 2.48. The van der Waals surface area contributed by atoms with Crippen molar-refractivity contribution in [2.45, 2.75) is 38.5 Å². The summed E-state index contributed by atoms with van der Waals surface area (Å²) in [5, 5.41) is 2.97. The maximum Gasteiger partial charge on any atom is 0.234 e. The molecule has 1 saturated carbocycles. The highest BCUT2D eigenvalue weighted by atomic mass is 16.2. The number of para-hydroxylation sites is 1. The number of hydrogen-bond acceptors (Lipinski definition) is 4. The number of likely N-dealkylation sites (tertiary alicyclic amines) is 2. The van der Waals surface area contributed by atoms with Gasteiger partial charge in [0.15, 0.2) is 0 Å². The normalized spacial score (nSPS) is 26.9. The van der Waals surface area contributed by atoms with Crippen LogP contribution in [0, 0.1) is 17.8 Å². The molecule has 6 nitrogen and oxygen atoms in total. The molecule has 6 heteroatoms. The van der Waals surface area contributed by atoms with Crippen LogP contribution in [0.2, 0.25) is 0 Å². The minimum Gasteiger partial charge on any atom is -0.326 e. The van der Waals surface area contributed by atoms with Crippen LogP contribution in [0.5, 0.6) is 0 Å². The van der Waals surface area contributed by atoms with Gasteiger partial charge in [0.25, 0.3) is 0 Å². The number of rotatable bonds is 4. The summed E-state index contributed by atoms with van der Waals surface area (Å²) in [6, 6.07) is 9.50. The van der Waals surface area contributed by atoms with Crippen molar-refractivity contribution in [3.63, 3.8) is 0 Å². The lowest BCUT2D eigenvalue weighted by Crippen LogP contribution is -2.46. The molecule has 144 valence electrons. The third-order valence-electron chi connectivity index (χ3n) is 6.27. The van der Waals surface area contributed by atoms with Gasteiger partial charge >= 0.3 is 0 Å². The van der Waals surface area contributed by atoms with Crippen LogP contribution < -0.4 is 5.32 Å². The number of anilines is 1. The average molecular weight is 369 g/mol. The molecule has 3 amide bonds. The molecule has 2 atom stereocenters. The first-order chi connectivity index (χ1) is 13.1. The molecule has 0 unspecified atom stereocenters. The summed E-state index contributed by atoms with van der Waals surface area (Å²) in [5.41, 5.74) is 0.820. The van der Waals surface area contributed by atoms with E-state index in [0.29, 0.717) is 6.67 Å². The number of carbonyl (C=O) groups excluding carboxylic acids is 3. The van der Waals surface area contributed by atoms with Crippen LogP contribution >= 0.6 is 0 Å². The standard InChI is InChI=1S/C21H27N3O3/c25-19(22-16-6-2-1-3-7-16)15-10-12-23(13-11-15)14-24-20(26)17-8-4-5-9-18(17)21(24)27/h1-3,6-7,15,17-18H,4-5,8-14H2,(H,22,25)/t17-,18-/m0/s1. The van der Waals surface area contributed by atoms with Gasteiger partial charge < -0.3 is 5.32 Å². The summed E-state index contributed by atoms with van der Waals surface area (Å²) in [6.07, 6.45) is 5.32. The number of imide groups is 1. The third-order valence-corrected chi connectivity index (χ3v) is 6.27. The van der Waals surface area contributed by atoms with Gasteiger partial charge in [-0.2, -0.15) is 0 Å². The van der Waals surface area contributed by atoms with Crippen molar-refractivity contribution in [1.82, 2.24) is 9.80 Å². The lowest BCUT2D eigenvalue weighted by atomic mass is 9.81. The molecule has 2 saturated heterocycles. The molecule has 27 heavy (non-hydrogen) atoms. The summed E-state index contributed by atoms with van der Waals surface area (Å²) in [6.45, 7) is 1.86. The van der Waals surface area contributed by atoms with Gasteiger partial charge in [-0.25, -0.2) is 0 Å². The van der Waals surface area contributed by atoms with Crippen LogP contribution in [-0.4, -0.2) is 47.3 Å². The van der Waals surface area contributed by atoms with E-state index < -0.39 is 0 Å². The van der Waals surface area contributed by atoms with Gasteiger partial charge in [0.05, 0.1) is 18.5 Å². The Labute approximate surface area is 159 Å². The van der Waals surface area contributed by atoms with Crippen molar-refractivity contribution in [3.05, 3.63) is 30.3 Å². The van der Waals surface area contributed by atoms with Crippen molar-refractivity contribution in [2.24, 2.45) is 17.8 Å². The lowest BCUT2D eigenvalue weighted by molar-refractivity contribution is -0.143. The fourth-order valence-electron chi connectivity index (χ4n) is 4.67. The third kappa shape index (κ3) is 3.76. The number of benzene rings is 1. The van der Waals surface area contributed by atoms with E-state index in [1.807, 2.05) is 30.3 Å². The molecule has 0 aromatic heterocycles. The minimum absolute atomic E-state index is 0.0194. The number of piperidine rings is 1. The second-order valence-electron chi connectivity index (χ2n) is 7.99. The topological polar surface area (TPSA) is 69.7 Å². The zero-order valence-corrected chi connectivity index (χ0v) is 15.6. The maximum absolute atomic E-state index is 12.6. The number of carbonyl (C=O) groups is 3. The van der Waals surface area contributed by atoms with Gasteiger partial charge in [-0.05, 0) is 37.8 Å². The van der Waals surface area contributed by atoms with Crippen molar-refractivity contribution < 1.29 is 14.4 Å². The smallest absolute Gasteiger partial charge is 0.234 e. The van der Waals surface area contributed by atoms with Crippen LogP contribution in [0.1, 0.15) is 38.5 Å². The Morgan fingerprint density at radius 1 is 0.926 bits per heavy atom. The zero-order chi connectivity index (χ0) is 18.8. The molecule has 2 heterocycles. The van der Waals surface area contributed by atoms with Crippen molar-refractivity contribution in [2.75, 3.05) is 25.1 Å². The summed E-state index contributed by atoms with van der Waals surface area (Å²) in [4.78, 5) is 41.3. The van der Waals surface area contributed by atoms with Crippen LogP contribution in [-0.2, 0) is 14.4 Å². The summed E-state index contributed by atoms with van der Waals surface area (Å²) >= 11 is 0. The molecule has 1 N–H and O–H groups in total. The van der Waals surface area contributed by atoms with Crippen LogP contribution in [0.15, 0.2) is 30.3 Å². The first-order valence-electron chi connectivity index (χ1n) is 10.1. The van der Waals surface area contributed by atoms with Crippen LogP contribution in [0.25, 0.3) is 0 Å². The second-order valence-corrected chi connectivity index (χ2v) is 7.99. The van der Waals surface area contributed by atoms with E-state index in [0.717, 1.165) is 57.3 Å². The Balaban J connectivity index is 1.29. The number of nitrogens with one attached hydrogen (secondary N) is 1. The number of nitrogens with zero attached hydrogens (tertiary/aromatic N) is 2. The van der Waals surface area contributed by atoms with E-state index in [2.05, 4.69) is 10.2 Å². The highest BCUT2D eigenvalue weighted by Crippen LogP contribution is 2.38. The number of amides is 3. The molecule has 1 aromatic rings. The Morgan fingerprint density at radius 2 is 1.52 bits per heavy atom. The molecule has 2 aliphatic heterocycles.